The van der Waals surface area contributed by atoms with E-state index in [2.05, 4.69) is 3.32 Å². The Morgan fingerprint density at radius 3 is 1.51 bits per heavy atom. The van der Waals surface area contributed by atoms with Gasteiger partial charge < -0.3 is 0 Å². The van der Waals surface area contributed by atoms with Crippen LogP contribution in [0.3, 0.4) is 0 Å². The molecule has 0 unspecified atom stereocenters. The van der Waals surface area contributed by atoms with Crippen molar-refractivity contribution in [3.05, 3.63) is 83.5 Å². The molecule has 0 amide bonds. The van der Waals surface area contributed by atoms with Crippen LogP contribution in [0.4, 0.5) is 15.5 Å². The molecule has 2 aromatic carbocycles. The quantitative estimate of drug-likeness (QED) is 0.261. The van der Waals surface area contributed by atoms with E-state index in [1.54, 1.807) is 48.5 Å². The van der Waals surface area contributed by atoms with Crippen LogP contribution in [0.2, 0.25) is 4.22 Å². The molecule has 35 heavy (non-hydrogen) atoms. The summed E-state index contributed by atoms with van der Waals surface area (Å²) in [6, 6.07) is 5.86. The summed E-state index contributed by atoms with van der Waals surface area (Å²) < 4.78 is 88.0. The van der Waals surface area contributed by atoms with Gasteiger partial charge in [-0.05, 0) is 0 Å². The van der Waals surface area contributed by atoms with E-state index in [-0.39, 0.29) is 35.4 Å². The van der Waals surface area contributed by atoms with Crippen molar-refractivity contribution in [1.82, 2.24) is 0 Å². The molecule has 1 aliphatic carbocycles. The zero-order valence-corrected chi connectivity index (χ0v) is 24.1. The van der Waals surface area contributed by atoms with Gasteiger partial charge in [0.2, 0.25) is 0 Å². The van der Waals surface area contributed by atoms with E-state index in [4.69, 9.17) is 18.6 Å². The van der Waals surface area contributed by atoms with Crippen molar-refractivity contribution in [3.8, 4) is 5.75 Å². The van der Waals surface area contributed by atoms with Gasteiger partial charge in [-0.15, -0.1) is 0 Å². The first kappa shape index (κ1) is 28.2. The Bertz CT molecular complexity index is 1390. The number of hydrogen-bond acceptors (Lipinski definition) is 1. The molecule has 0 aliphatic heterocycles. The second kappa shape index (κ2) is 4.46. The Labute approximate surface area is 203 Å². The molecule has 0 saturated heterocycles. The molecule has 0 N–H and O–H groups in total. The fraction of sp³-hybridized carbons (Fsp3) is 0.385. The average molecular weight is 575 g/mol. The summed E-state index contributed by atoms with van der Waals surface area (Å²) in [5.74, 6) is -1.11. The fourth-order valence-corrected chi connectivity index (χ4v) is 14.9. The molecule has 0 saturated carbocycles. The molecule has 196 valence electrons. The van der Waals surface area contributed by atoms with Crippen LogP contribution < -0.4 is 7.19 Å². The molecule has 0 heterocycles. The van der Waals surface area contributed by atoms with Gasteiger partial charge in [-0.2, -0.15) is 0 Å². The summed E-state index contributed by atoms with van der Waals surface area (Å²) >= 11 is 0. The van der Waals surface area contributed by atoms with Crippen LogP contribution in [0.15, 0.2) is 66.8 Å². The Hall–Kier alpha value is -1.34. The van der Waals surface area contributed by atoms with Gasteiger partial charge in [0.05, 0.1) is 0 Å². The molecule has 0 spiro atoms. The van der Waals surface area contributed by atoms with Gasteiger partial charge in [0.15, 0.2) is 0 Å². The predicted molar refractivity (Wildman–Crippen MR) is 135 cm³/mol. The Morgan fingerprint density at radius 2 is 1.14 bits per heavy atom. The number of hydrogen-bond donors (Lipinski definition) is 0. The summed E-state index contributed by atoms with van der Waals surface area (Å²) in [5.41, 5.74) is -1.74. The summed E-state index contributed by atoms with van der Waals surface area (Å²) in [6.07, 6.45) is 2.09. The van der Waals surface area contributed by atoms with Gasteiger partial charge in [0.25, 0.3) is 0 Å². The summed E-state index contributed by atoms with van der Waals surface area (Å²) in [7, 11) is -4.32. The van der Waals surface area contributed by atoms with E-state index in [0.29, 0.717) is 5.56 Å². The van der Waals surface area contributed by atoms with E-state index in [9.17, 15) is 0 Å². The van der Waals surface area contributed by atoms with Gasteiger partial charge >= 0.3 is 204 Å². The Kier molecular flexibility index (Phi) is 3.60. The topological polar surface area (TPSA) is 9.23 Å². The predicted octanol–water partition coefficient (Wildman–Crippen LogP) is 10.2. The third-order valence-electron chi connectivity index (χ3n) is 7.09. The van der Waals surface area contributed by atoms with Crippen molar-refractivity contribution < 1.29 is 28.6 Å². The number of allylic oxidation sites excluding steroid dienone is 4. The maximum absolute atomic E-state index is 18.0. The van der Waals surface area contributed by atoms with E-state index >= 15 is 15.5 Å². The van der Waals surface area contributed by atoms with E-state index < -0.39 is 34.5 Å². The van der Waals surface area contributed by atoms with Gasteiger partial charge in [-0.3, -0.25) is 0 Å². The first-order valence-electron chi connectivity index (χ1n) is 11.5. The Balaban J connectivity index is 2.80. The monoisotopic (exact) mass is 574 g/mol. The summed E-state index contributed by atoms with van der Waals surface area (Å²) in [4.78, 5) is 0. The molecule has 1 nitrogen and oxygen atoms in total. The van der Waals surface area contributed by atoms with Gasteiger partial charge in [0, 0.05) is 0 Å². The van der Waals surface area contributed by atoms with Crippen LogP contribution in [0.1, 0.15) is 58.2 Å². The van der Waals surface area contributed by atoms with Crippen molar-refractivity contribution >= 4 is 22.5 Å². The second-order valence-corrected chi connectivity index (χ2v) is 40.4. The van der Waals surface area contributed by atoms with Crippen molar-refractivity contribution in [2.75, 3.05) is 0 Å². The third-order valence-corrected chi connectivity index (χ3v) is 21.2. The van der Waals surface area contributed by atoms with E-state index in [1.165, 1.54) is 12.1 Å². The number of halogens is 7. The SMILES string of the molecule is Cc1cc(C(C)(C)C)c([O][Ti]([F])([F])([F])([F])([F])([Cl])([Cl])([c]2ccccc2)[CH]2C=CC=C2)c(C(C)(C)C)c1. The van der Waals surface area contributed by atoms with E-state index in [1.807, 2.05) is 0 Å². The molecule has 3 rings (SSSR count). The molecule has 1 aliphatic rings. The minimum atomic E-state index is -15.3. The van der Waals surface area contributed by atoms with Crippen LogP contribution in [0.5, 0.6) is 5.75 Å². The second-order valence-electron chi connectivity index (χ2n) is 13.3. The molecule has 2 aromatic rings. The van der Waals surface area contributed by atoms with Crippen LogP contribution in [0, 0.1) is 6.92 Å². The van der Waals surface area contributed by atoms with Crippen LogP contribution >= 0.6 is 18.6 Å². The maximum atomic E-state index is 18.0. The van der Waals surface area contributed by atoms with E-state index in [0.717, 1.165) is 30.4 Å². The normalized spacial score (nSPS) is 23.1. The van der Waals surface area contributed by atoms with Gasteiger partial charge in [-0.25, -0.2) is 0 Å². The fourth-order valence-electron chi connectivity index (χ4n) is 4.86. The summed E-state index contributed by atoms with van der Waals surface area (Å²) in [5, 5.41) is 0. The van der Waals surface area contributed by atoms with Crippen molar-refractivity contribution in [1.29, 1.82) is 0 Å². The minimum absolute atomic E-state index is 0.110. The summed E-state index contributed by atoms with van der Waals surface area (Å²) in [6.45, 7) is 11.3. The molecule has 0 fully saturated rings. The number of benzene rings is 2. The number of aryl methyl sites for hydroxylation is 1. The molecular weight excluding hydrogens is 542 g/mol. The molecule has 0 radical (unpaired) electrons. The molecule has 0 aromatic heterocycles. The van der Waals surface area contributed by atoms with Gasteiger partial charge in [0.1, 0.15) is 0 Å². The molecule has 9 heteroatoms. The zero-order chi connectivity index (χ0) is 27.3. The molecule has 0 atom stereocenters. The van der Waals surface area contributed by atoms with Crippen molar-refractivity contribution in [2.45, 2.75) is 63.5 Å². The molecule has 0 bridgehead atoms. The molecular formula is C26H33Cl2F5OTi. The van der Waals surface area contributed by atoms with Crippen LogP contribution in [-0.4, -0.2) is 0 Å². The first-order chi connectivity index (χ1) is 14.8. The first-order valence-corrected chi connectivity index (χ1v) is 21.1. The standard InChI is InChI=1S/C15H24O.C6H5.C5H5.2ClH.5FH.Ti/c1-10-8-11(14(2,3)4)13(16)12(9-10)15(5,6)7;1-2-4-6-5-3-1;1-2-4-5-3-1;;;;;;;;/h8-9,16H,1-7H3;1-5H;1-5H;7*1H;/q;;;;;;;;;;+8/p-8. The zero-order valence-electron chi connectivity index (χ0n) is 21.0. The third kappa shape index (κ3) is 3.91. The van der Waals surface area contributed by atoms with Crippen LogP contribution in [-0.2, 0) is 20.7 Å². The number of rotatable bonds is 4. The van der Waals surface area contributed by atoms with Gasteiger partial charge in [-0.1, -0.05) is 0 Å². The average Bonchev–Trinajstić information content (AvgIpc) is 3.18. The van der Waals surface area contributed by atoms with Crippen molar-refractivity contribution in [2.24, 2.45) is 0 Å². The Morgan fingerprint density at radius 1 is 0.743 bits per heavy atom. The van der Waals surface area contributed by atoms with Crippen LogP contribution in [0.25, 0.3) is 0 Å². The van der Waals surface area contributed by atoms with Crippen molar-refractivity contribution in [3.63, 3.8) is 0 Å².